The van der Waals surface area contributed by atoms with Gasteiger partial charge in [0.05, 0.1) is 0 Å². The third-order valence-corrected chi connectivity index (χ3v) is 4.44. The molecule has 1 saturated heterocycles. The van der Waals surface area contributed by atoms with E-state index in [-0.39, 0.29) is 0 Å². The number of piperazine rings is 1. The summed E-state index contributed by atoms with van der Waals surface area (Å²) in [6, 6.07) is 6.99. The highest BCUT2D eigenvalue weighted by Gasteiger charge is 2.24. The van der Waals surface area contributed by atoms with Crippen LogP contribution in [0.3, 0.4) is 0 Å². The predicted octanol–water partition coefficient (Wildman–Crippen LogP) is 1.93. The second-order valence-electron chi connectivity index (χ2n) is 6.28. The van der Waals surface area contributed by atoms with E-state index in [0.29, 0.717) is 25.2 Å². The van der Waals surface area contributed by atoms with Crippen LogP contribution in [0.5, 0.6) is 11.5 Å². The summed E-state index contributed by atoms with van der Waals surface area (Å²) in [6.45, 7) is 10.5. The second kappa shape index (κ2) is 6.67. The molecule has 1 N–H and O–H groups in total. The number of ether oxygens (including phenoxy) is 2. The van der Waals surface area contributed by atoms with Gasteiger partial charge in [0.1, 0.15) is 13.2 Å². The van der Waals surface area contributed by atoms with E-state index < -0.39 is 0 Å². The van der Waals surface area contributed by atoms with Crippen LogP contribution >= 0.6 is 0 Å². The summed E-state index contributed by atoms with van der Waals surface area (Å²) in [4.78, 5) is 2.62. The Kier molecular flexibility index (Phi) is 4.66. The number of nitrogens with one attached hydrogen (secondary N) is 1. The van der Waals surface area contributed by atoms with Crippen LogP contribution in [0.25, 0.3) is 0 Å². The molecule has 1 aromatic carbocycles. The maximum atomic E-state index is 5.70. The molecule has 3 rings (SSSR count). The monoisotopic (exact) mass is 290 g/mol. The molecule has 0 aromatic heterocycles. The fraction of sp³-hybridized carbons (Fsp3) is 0.647. The molecule has 4 heteroatoms. The third kappa shape index (κ3) is 3.50. The average molecular weight is 290 g/mol. The van der Waals surface area contributed by atoms with E-state index in [1.807, 2.05) is 0 Å². The molecule has 1 atom stereocenters. The summed E-state index contributed by atoms with van der Waals surface area (Å²) >= 11 is 0. The van der Waals surface area contributed by atoms with Gasteiger partial charge in [-0.2, -0.15) is 0 Å². The van der Waals surface area contributed by atoms with E-state index in [2.05, 4.69) is 42.3 Å². The molecule has 2 heterocycles. The van der Waals surface area contributed by atoms with Gasteiger partial charge in [0.15, 0.2) is 11.5 Å². The smallest absolute Gasteiger partial charge is 0.161 e. The number of fused-ring (bicyclic) bond motifs is 1. The van der Waals surface area contributed by atoms with E-state index >= 15 is 0 Å². The quantitative estimate of drug-likeness (QED) is 0.919. The van der Waals surface area contributed by atoms with E-state index in [4.69, 9.17) is 9.47 Å². The van der Waals surface area contributed by atoms with E-state index in [9.17, 15) is 0 Å². The molecular weight excluding hydrogens is 264 g/mol. The van der Waals surface area contributed by atoms with Crippen molar-refractivity contribution in [3.8, 4) is 11.5 Å². The first-order valence-corrected chi connectivity index (χ1v) is 8.07. The molecule has 21 heavy (non-hydrogen) atoms. The van der Waals surface area contributed by atoms with E-state index in [1.54, 1.807) is 0 Å². The van der Waals surface area contributed by atoms with Crippen LogP contribution < -0.4 is 14.8 Å². The Morgan fingerprint density at radius 2 is 1.81 bits per heavy atom. The zero-order valence-corrected chi connectivity index (χ0v) is 13.1. The second-order valence-corrected chi connectivity index (χ2v) is 6.28. The van der Waals surface area contributed by atoms with Crippen LogP contribution in [0, 0.1) is 5.92 Å². The van der Waals surface area contributed by atoms with Crippen LogP contribution in [-0.4, -0.2) is 50.3 Å². The fourth-order valence-electron chi connectivity index (χ4n) is 3.26. The first-order valence-electron chi connectivity index (χ1n) is 8.07. The average Bonchev–Trinajstić information content (AvgIpc) is 2.53. The lowest BCUT2D eigenvalue weighted by molar-refractivity contribution is 0.135. The van der Waals surface area contributed by atoms with Crippen LogP contribution in [-0.2, 0) is 6.42 Å². The molecule has 0 spiro atoms. The molecule has 0 aliphatic carbocycles. The number of rotatable bonds is 4. The minimum Gasteiger partial charge on any atom is -0.486 e. The molecule has 2 aliphatic heterocycles. The third-order valence-electron chi connectivity index (χ3n) is 4.44. The summed E-state index contributed by atoms with van der Waals surface area (Å²) in [5.74, 6) is 2.44. The first kappa shape index (κ1) is 14.7. The minimum atomic E-state index is 0.592. The van der Waals surface area contributed by atoms with Crippen molar-refractivity contribution in [3.63, 3.8) is 0 Å². The molecule has 116 valence electrons. The topological polar surface area (TPSA) is 33.7 Å². The van der Waals surface area contributed by atoms with E-state index in [1.165, 1.54) is 5.56 Å². The summed E-state index contributed by atoms with van der Waals surface area (Å²) in [5.41, 5.74) is 1.34. The van der Waals surface area contributed by atoms with Gasteiger partial charge in [-0.25, -0.2) is 0 Å². The molecule has 0 radical (unpaired) electrons. The molecule has 0 bridgehead atoms. The maximum absolute atomic E-state index is 5.70. The molecule has 0 amide bonds. The molecule has 1 unspecified atom stereocenters. The minimum absolute atomic E-state index is 0.592. The Labute approximate surface area is 127 Å². The highest BCUT2D eigenvalue weighted by Crippen LogP contribution is 2.31. The fourth-order valence-corrected chi connectivity index (χ4v) is 3.26. The van der Waals surface area contributed by atoms with Crippen LogP contribution in [0.4, 0.5) is 0 Å². The molecule has 1 fully saturated rings. The maximum Gasteiger partial charge on any atom is 0.161 e. The first-order chi connectivity index (χ1) is 10.2. The molecular formula is C17H26N2O2. The number of hydrogen-bond donors (Lipinski definition) is 1. The van der Waals surface area contributed by atoms with Gasteiger partial charge in [0.2, 0.25) is 0 Å². The molecule has 1 aromatic rings. The summed E-state index contributed by atoms with van der Waals surface area (Å²) in [5, 5.41) is 3.44. The highest BCUT2D eigenvalue weighted by molar-refractivity contribution is 5.44. The number of benzene rings is 1. The van der Waals surface area contributed by atoms with Gasteiger partial charge in [0, 0.05) is 32.2 Å². The predicted molar refractivity (Wildman–Crippen MR) is 84.2 cm³/mol. The Balaban J connectivity index is 1.73. The Morgan fingerprint density at radius 1 is 1.10 bits per heavy atom. The van der Waals surface area contributed by atoms with Crippen molar-refractivity contribution < 1.29 is 9.47 Å². The van der Waals surface area contributed by atoms with Crippen LogP contribution in [0.15, 0.2) is 18.2 Å². The normalized spacial score (nSPS) is 20.5. The SMILES string of the molecule is CC(C)C(Cc1ccc2c(c1)OCCO2)N1CCNCC1. The molecule has 2 aliphatic rings. The van der Waals surface area contributed by atoms with Crippen LogP contribution in [0.2, 0.25) is 0 Å². The van der Waals surface area contributed by atoms with Gasteiger partial charge in [-0.1, -0.05) is 19.9 Å². The summed E-state index contributed by atoms with van der Waals surface area (Å²) < 4.78 is 11.3. The number of nitrogens with zero attached hydrogens (tertiary/aromatic N) is 1. The largest absolute Gasteiger partial charge is 0.486 e. The lowest BCUT2D eigenvalue weighted by Crippen LogP contribution is -2.50. The highest BCUT2D eigenvalue weighted by atomic mass is 16.6. The van der Waals surface area contributed by atoms with Crippen molar-refractivity contribution in [1.29, 1.82) is 0 Å². The van der Waals surface area contributed by atoms with Gasteiger partial charge in [-0.05, 0) is 30.0 Å². The van der Waals surface area contributed by atoms with Crippen molar-refractivity contribution >= 4 is 0 Å². The van der Waals surface area contributed by atoms with Crippen molar-refractivity contribution in [2.75, 3.05) is 39.4 Å². The van der Waals surface area contributed by atoms with Gasteiger partial charge >= 0.3 is 0 Å². The zero-order chi connectivity index (χ0) is 14.7. The number of hydrogen-bond acceptors (Lipinski definition) is 4. The standard InChI is InChI=1S/C17H26N2O2/c1-13(2)15(19-7-5-18-6-8-19)11-14-3-4-16-17(12-14)21-10-9-20-16/h3-4,12-13,15,18H,5-11H2,1-2H3. The van der Waals surface area contributed by atoms with Gasteiger partial charge < -0.3 is 14.8 Å². The van der Waals surface area contributed by atoms with E-state index in [0.717, 1.165) is 44.1 Å². The van der Waals surface area contributed by atoms with Crippen molar-refractivity contribution in [3.05, 3.63) is 23.8 Å². The van der Waals surface area contributed by atoms with Gasteiger partial charge in [-0.3, -0.25) is 4.90 Å². The molecule has 4 nitrogen and oxygen atoms in total. The van der Waals surface area contributed by atoms with Gasteiger partial charge in [-0.15, -0.1) is 0 Å². The van der Waals surface area contributed by atoms with Crippen molar-refractivity contribution in [1.82, 2.24) is 10.2 Å². The summed E-state index contributed by atoms with van der Waals surface area (Å²) in [6.07, 6.45) is 1.08. The zero-order valence-electron chi connectivity index (χ0n) is 13.1. The lowest BCUT2D eigenvalue weighted by Gasteiger charge is -2.37. The van der Waals surface area contributed by atoms with Crippen LogP contribution in [0.1, 0.15) is 19.4 Å². The van der Waals surface area contributed by atoms with Crippen molar-refractivity contribution in [2.24, 2.45) is 5.92 Å². The Hall–Kier alpha value is -1.26. The molecule has 0 saturated carbocycles. The lowest BCUT2D eigenvalue weighted by atomic mass is 9.94. The Bertz CT molecular complexity index is 470. The van der Waals surface area contributed by atoms with Gasteiger partial charge in [0.25, 0.3) is 0 Å². The summed E-state index contributed by atoms with van der Waals surface area (Å²) in [7, 11) is 0. The van der Waals surface area contributed by atoms with Crippen molar-refractivity contribution in [2.45, 2.75) is 26.3 Å². The Morgan fingerprint density at radius 3 is 2.52 bits per heavy atom.